The summed E-state index contributed by atoms with van der Waals surface area (Å²) < 4.78 is 0. The summed E-state index contributed by atoms with van der Waals surface area (Å²) in [5.74, 6) is 0. The fourth-order valence-electron chi connectivity index (χ4n) is 2.04. The summed E-state index contributed by atoms with van der Waals surface area (Å²) in [6.45, 7) is 1.78. The Kier molecular flexibility index (Phi) is 3.32. The van der Waals surface area contributed by atoms with Crippen LogP contribution < -0.4 is 0 Å². The molecule has 0 saturated carbocycles. The van der Waals surface area contributed by atoms with Crippen LogP contribution in [0.3, 0.4) is 0 Å². The molecular weight excluding hydrogens is 254 g/mol. The van der Waals surface area contributed by atoms with E-state index in [2.05, 4.69) is 23.2 Å². The van der Waals surface area contributed by atoms with Gasteiger partial charge in [0, 0.05) is 15.8 Å². The molecule has 0 aliphatic heterocycles. The number of H-pyrrole nitrogens is 1. The van der Waals surface area contributed by atoms with Crippen molar-refractivity contribution < 1.29 is 5.11 Å². The molecule has 96 valence electrons. The van der Waals surface area contributed by atoms with Gasteiger partial charge in [0.2, 0.25) is 0 Å². The zero-order chi connectivity index (χ0) is 13.2. The number of hydrogen-bond donors (Lipinski definition) is 2. The van der Waals surface area contributed by atoms with Crippen LogP contribution >= 0.6 is 11.8 Å². The molecule has 0 aliphatic carbocycles. The van der Waals surface area contributed by atoms with Crippen molar-refractivity contribution in [1.29, 1.82) is 0 Å². The molecule has 0 spiro atoms. The highest BCUT2D eigenvalue weighted by Gasteiger charge is 2.04. The maximum Gasteiger partial charge on any atom is 0.0780 e. The molecule has 19 heavy (non-hydrogen) atoms. The zero-order valence-corrected chi connectivity index (χ0v) is 11.4. The lowest BCUT2D eigenvalue weighted by Gasteiger charge is -2.05. The van der Waals surface area contributed by atoms with Gasteiger partial charge >= 0.3 is 0 Å². The molecule has 2 N–H and O–H groups in total. The second kappa shape index (κ2) is 5.11. The molecule has 1 aromatic heterocycles. The van der Waals surface area contributed by atoms with Crippen LogP contribution in [0.4, 0.5) is 0 Å². The fourth-order valence-corrected chi connectivity index (χ4v) is 2.92. The Morgan fingerprint density at radius 1 is 1.05 bits per heavy atom. The highest BCUT2D eigenvalue weighted by molar-refractivity contribution is 7.99. The van der Waals surface area contributed by atoms with Crippen LogP contribution in [0.1, 0.15) is 18.6 Å². The fraction of sp³-hybridized carbons (Fsp3) is 0.125. The van der Waals surface area contributed by atoms with Crippen LogP contribution in [0.2, 0.25) is 0 Å². The number of benzene rings is 2. The molecular formula is C16H15NOS. The number of aromatic nitrogens is 1. The third-order valence-corrected chi connectivity index (χ3v) is 4.04. The third kappa shape index (κ3) is 2.67. The molecule has 0 amide bonds. The second-order valence-electron chi connectivity index (χ2n) is 4.57. The van der Waals surface area contributed by atoms with Gasteiger partial charge < -0.3 is 10.1 Å². The number of aromatic amines is 1. The molecule has 0 bridgehead atoms. The zero-order valence-electron chi connectivity index (χ0n) is 10.6. The SMILES string of the molecule is C[C@@H](O)c1ccc(Sc2cc3ccccc3[nH]2)cc1. The van der Waals surface area contributed by atoms with Crippen molar-refractivity contribution >= 4 is 22.7 Å². The number of aliphatic hydroxyl groups excluding tert-OH is 1. The number of hydrogen-bond acceptors (Lipinski definition) is 2. The van der Waals surface area contributed by atoms with Crippen molar-refractivity contribution in [3.63, 3.8) is 0 Å². The maximum absolute atomic E-state index is 9.49. The van der Waals surface area contributed by atoms with Crippen molar-refractivity contribution in [2.24, 2.45) is 0 Å². The molecule has 0 unspecified atom stereocenters. The molecule has 1 heterocycles. The van der Waals surface area contributed by atoms with Crippen LogP contribution in [0.5, 0.6) is 0 Å². The van der Waals surface area contributed by atoms with Gasteiger partial charge in [-0.1, -0.05) is 42.1 Å². The first-order valence-corrected chi connectivity index (χ1v) is 7.08. The van der Waals surface area contributed by atoms with Crippen LogP contribution in [-0.2, 0) is 0 Å². The van der Waals surface area contributed by atoms with E-state index in [-0.39, 0.29) is 0 Å². The van der Waals surface area contributed by atoms with Gasteiger partial charge in [-0.2, -0.15) is 0 Å². The average Bonchev–Trinajstić information content (AvgIpc) is 2.81. The smallest absolute Gasteiger partial charge is 0.0780 e. The molecule has 3 rings (SSSR count). The Morgan fingerprint density at radius 2 is 1.79 bits per heavy atom. The van der Waals surface area contributed by atoms with Crippen molar-refractivity contribution in [2.75, 3.05) is 0 Å². The van der Waals surface area contributed by atoms with Gasteiger partial charge in [0.05, 0.1) is 11.1 Å². The Labute approximate surface area is 116 Å². The van der Waals surface area contributed by atoms with Gasteiger partial charge in [-0.3, -0.25) is 0 Å². The van der Waals surface area contributed by atoms with Crippen LogP contribution in [0.15, 0.2) is 64.5 Å². The molecule has 3 heteroatoms. The van der Waals surface area contributed by atoms with E-state index in [1.54, 1.807) is 18.7 Å². The molecule has 3 aromatic rings. The van der Waals surface area contributed by atoms with E-state index in [4.69, 9.17) is 0 Å². The van der Waals surface area contributed by atoms with Crippen LogP contribution in [0.25, 0.3) is 10.9 Å². The molecule has 0 aliphatic rings. The molecule has 2 aromatic carbocycles. The monoisotopic (exact) mass is 269 g/mol. The summed E-state index contributed by atoms with van der Waals surface area (Å²) >= 11 is 1.70. The lowest BCUT2D eigenvalue weighted by atomic mass is 10.1. The predicted molar refractivity (Wildman–Crippen MR) is 79.5 cm³/mol. The quantitative estimate of drug-likeness (QED) is 0.740. The number of fused-ring (bicyclic) bond motifs is 1. The minimum atomic E-state index is -0.410. The number of rotatable bonds is 3. The van der Waals surface area contributed by atoms with E-state index in [1.807, 2.05) is 36.4 Å². The number of para-hydroxylation sites is 1. The first-order valence-electron chi connectivity index (χ1n) is 6.26. The summed E-state index contributed by atoms with van der Waals surface area (Å²) in [7, 11) is 0. The van der Waals surface area contributed by atoms with Crippen molar-refractivity contribution in [3.05, 3.63) is 60.2 Å². The van der Waals surface area contributed by atoms with Gasteiger partial charge in [0.1, 0.15) is 0 Å². The summed E-state index contributed by atoms with van der Waals surface area (Å²) in [5.41, 5.74) is 2.10. The van der Waals surface area contributed by atoms with E-state index in [9.17, 15) is 5.11 Å². The van der Waals surface area contributed by atoms with Crippen LogP contribution in [-0.4, -0.2) is 10.1 Å². The first-order chi connectivity index (χ1) is 9.22. The minimum Gasteiger partial charge on any atom is -0.389 e. The van der Waals surface area contributed by atoms with E-state index in [0.717, 1.165) is 21.0 Å². The lowest BCUT2D eigenvalue weighted by Crippen LogP contribution is -1.89. The molecule has 0 saturated heterocycles. The Hall–Kier alpha value is -1.71. The van der Waals surface area contributed by atoms with E-state index >= 15 is 0 Å². The standard InChI is InChI=1S/C16H15NOS/c1-11(18)12-6-8-14(9-7-12)19-16-10-13-4-2-3-5-15(13)17-16/h2-11,17-18H,1H3/t11-/m1/s1. The highest BCUT2D eigenvalue weighted by Crippen LogP contribution is 2.30. The van der Waals surface area contributed by atoms with Crippen molar-refractivity contribution in [3.8, 4) is 0 Å². The van der Waals surface area contributed by atoms with Gasteiger partial charge in [-0.05, 0) is 36.8 Å². The van der Waals surface area contributed by atoms with Gasteiger partial charge in [0.25, 0.3) is 0 Å². The molecule has 0 fully saturated rings. The summed E-state index contributed by atoms with van der Waals surface area (Å²) in [4.78, 5) is 4.56. The molecule has 2 nitrogen and oxygen atoms in total. The Balaban J connectivity index is 1.84. The lowest BCUT2D eigenvalue weighted by molar-refractivity contribution is 0.199. The average molecular weight is 269 g/mol. The molecule has 1 atom stereocenters. The van der Waals surface area contributed by atoms with E-state index in [0.29, 0.717) is 0 Å². The third-order valence-electron chi connectivity index (χ3n) is 3.10. The Morgan fingerprint density at radius 3 is 2.47 bits per heavy atom. The number of aliphatic hydroxyl groups is 1. The number of nitrogens with one attached hydrogen (secondary N) is 1. The summed E-state index contributed by atoms with van der Waals surface area (Å²) in [5, 5.41) is 11.8. The molecule has 0 radical (unpaired) electrons. The van der Waals surface area contributed by atoms with Gasteiger partial charge in [0.15, 0.2) is 0 Å². The van der Waals surface area contributed by atoms with E-state index < -0.39 is 6.10 Å². The summed E-state index contributed by atoms with van der Waals surface area (Å²) in [6.07, 6.45) is -0.410. The van der Waals surface area contributed by atoms with E-state index in [1.165, 1.54) is 5.39 Å². The van der Waals surface area contributed by atoms with Gasteiger partial charge in [-0.25, -0.2) is 0 Å². The van der Waals surface area contributed by atoms with Gasteiger partial charge in [-0.15, -0.1) is 0 Å². The minimum absolute atomic E-state index is 0.410. The first kappa shape index (κ1) is 12.3. The van der Waals surface area contributed by atoms with Crippen molar-refractivity contribution in [2.45, 2.75) is 22.9 Å². The van der Waals surface area contributed by atoms with Crippen molar-refractivity contribution in [1.82, 2.24) is 4.98 Å². The highest BCUT2D eigenvalue weighted by atomic mass is 32.2. The normalized spacial score (nSPS) is 12.7. The maximum atomic E-state index is 9.49. The topological polar surface area (TPSA) is 36.0 Å². The second-order valence-corrected chi connectivity index (χ2v) is 5.68. The predicted octanol–water partition coefficient (Wildman–Crippen LogP) is 4.37. The van der Waals surface area contributed by atoms with Crippen LogP contribution in [0, 0.1) is 0 Å². The summed E-state index contributed by atoms with van der Waals surface area (Å²) in [6, 6.07) is 18.4. The largest absolute Gasteiger partial charge is 0.389 e. The Bertz CT molecular complexity index is 652.